The molecule has 0 spiro atoms. The first kappa shape index (κ1) is 13.1. The Kier molecular flexibility index (Phi) is 3.22. The van der Waals surface area contributed by atoms with Gasteiger partial charge in [0.05, 0.1) is 0 Å². The van der Waals surface area contributed by atoms with Gasteiger partial charge in [-0.1, -0.05) is 6.92 Å². The molecule has 0 atom stereocenters. The summed E-state index contributed by atoms with van der Waals surface area (Å²) in [7, 11) is 0. The molecular formula is C15H19N3O2. The molecule has 20 heavy (non-hydrogen) atoms. The summed E-state index contributed by atoms with van der Waals surface area (Å²) in [4.78, 5) is 16.7. The molecule has 3 rings (SSSR count). The van der Waals surface area contributed by atoms with Gasteiger partial charge in [0.15, 0.2) is 11.5 Å². The Bertz CT molecular complexity index is 642. The first-order valence-corrected chi connectivity index (χ1v) is 6.96. The fourth-order valence-electron chi connectivity index (χ4n) is 2.61. The van der Waals surface area contributed by atoms with Gasteiger partial charge in [0.25, 0.3) is 0 Å². The fourth-order valence-corrected chi connectivity index (χ4v) is 2.61. The standard InChI is InChI=1S/C15H19N3O2/c1-10-17-12-9-11(3-4-13(12)20-10)18-14(19)15(2)5-7-16-8-6-15/h3-4,9,16H,5-8H2,1-2H3,(H,18,19). The molecule has 2 N–H and O–H groups in total. The molecule has 2 aromatic rings. The number of nitrogens with zero attached hydrogens (tertiary/aromatic N) is 1. The normalized spacial score (nSPS) is 18.1. The number of aromatic nitrogens is 1. The van der Waals surface area contributed by atoms with Crippen molar-refractivity contribution in [2.75, 3.05) is 18.4 Å². The number of nitrogens with one attached hydrogen (secondary N) is 2. The molecule has 106 valence electrons. The second kappa shape index (κ2) is 4.90. The second-order valence-electron chi connectivity index (χ2n) is 5.68. The molecule has 0 aliphatic carbocycles. The highest BCUT2D eigenvalue weighted by Gasteiger charge is 2.34. The maximum absolute atomic E-state index is 12.4. The zero-order valence-corrected chi connectivity index (χ0v) is 11.8. The Hall–Kier alpha value is -1.88. The van der Waals surface area contributed by atoms with Crippen LogP contribution in [0.2, 0.25) is 0 Å². The van der Waals surface area contributed by atoms with E-state index in [0.29, 0.717) is 5.89 Å². The van der Waals surface area contributed by atoms with Crippen molar-refractivity contribution in [2.45, 2.75) is 26.7 Å². The first-order chi connectivity index (χ1) is 9.57. The lowest BCUT2D eigenvalue weighted by molar-refractivity contribution is -0.126. The van der Waals surface area contributed by atoms with Gasteiger partial charge in [-0.3, -0.25) is 4.79 Å². The van der Waals surface area contributed by atoms with E-state index in [1.165, 1.54) is 0 Å². The van der Waals surface area contributed by atoms with Crippen LogP contribution in [0.15, 0.2) is 22.6 Å². The number of aryl methyl sites for hydroxylation is 1. The molecule has 5 nitrogen and oxygen atoms in total. The van der Waals surface area contributed by atoms with Crippen molar-refractivity contribution in [3.05, 3.63) is 24.1 Å². The van der Waals surface area contributed by atoms with Crippen molar-refractivity contribution in [2.24, 2.45) is 5.41 Å². The smallest absolute Gasteiger partial charge is 0.230 e. The number of carbonyl (C=O) groups is 1. The van der Waals surface area contributed by atoms with Gasteiger partial charge in [-0.25, -0.2) is 4.98 Å². The number of oxazole rings is 1. The molecule has 1 aromatic carbocycles. The quantitative estimate of drug-likeness (QED) is 0.882. The van der Waals surface area contributed by atoms with Crippen molar-refractivity contribution in [1.29, 1.82) is 0 Å². The number of amides is 1. The Labute approximate surface area is 117 Å². The van der Waals surface area contributed by atoms with Gasteiger partial charge < -0.3 is 15.1 Å². The maximum atomic E-state index is 12.4. The predicted octanol–water partition coefficient (Wildman–Crippen LogP) is 2.46. The lowest BCUT2D eigenvalue weighted by Gasteiger charge is -2.32. The van der Waals surface area contributed by atoms with Crippen LogP contribution in [0.1, 0.15) is 25.7 Å². The summed E-state index contributed by atoms with van der Waals surface area (Å²) in [5.74, 6) is 0.715. The molecule has 0 radical (unpaired) electrons. The molecule has 0 unspecified atom stereocenters. The molecule has 1 fully saturated rings. The summed E-state index contributed by atoms with van der Waals surface area (Å²) < 4.78 is 5.43. The summed E-state index contributed by atoms with van der Waals surface area (Å²) in [6.45, 7) is 5.63. The van der Waals surface area contributed by atoms with Gasteiger partial charge in [0, 0.05) is 18.0 Å². The van der Waals surface area contributed by atoms with Crippen molar-refractivity contribution in [3.8, 4) is 0 Å². The fraction of sp³-hybridized carbons (Fsp3) is 0.467. The maximum Gasteiger partial charge on any atom is 0.230 e. The van der Waals surface area contributed by atoms with Crippen LogP contribution in [-0.4, -0.2) is 24.0 Å². The first-order valence-electron chi connectivity index (χ1n) is 6.96. The monoisotopic (exact) mass is 273 g/mol. The third kappa shape index (κ3) is 2.41. The van der Waals surface area contributed by atoms with Gasteiger partial charge in [-0.15, -0.1) is 0 Å². The highest BCUT2D eigenvalue weighted by molar-refractivity contribution is 5.96. The van der Waals surface area contributed by atoms with Crippen LogP contribution in [0.4, 0.5) is 5.69 Å². The van der Waals surface area contributed by atoms with Crippen LogP contribution in [0.5, 0.6) is 0 Å². The van der Waals surface area contributed by atoms with E-state index in [9.17, 15) is 4.79 Å². The SMILES string of the molecule is Cc1nc2cc(NC(=O)C3(C)CCNCC3)ccc2o1. The summed E-state index contributed by atoms with van der Waals surface area (Å²) in [6, 6.07) is 5.55. The van der Waals surface area contributed by atoms with Gasteiger partial charge in [0.2, 0.25) is 5.91 Å². The van der Waals surface area contributed by atoms with Crippen molar-refractivity contribution < 1.29 is 9.21 Å². The molecule has 1 saturated heterocycles. The Morgan fingerprint density at radius 3 is 2.90 bits per heavy atom. The van der Waals surface area contributed by atoms with Crippen LogP contribution < -0.4 is 10.6 Å². The predicted molar refractivity (Wildman–Crippen MR) is 77.6 cm³/mol. The highest BCUT2D eigenvalue weighted by Crippen LogP contribution is 2.30. The zero-order valence-electron chi connectivity index (χ0n) is 11.8. The molecule has 1 amide bonds. The Morgan fingerprint density at radius 2 is 2.15 bits per heavy atom. The third-order valence-corrected chi connectivity index (χ3v) is 4.01. The number of carbonyl (C=O) groups excluding carboxylic acids is 1. The minimum atomic E-state index is -0.292. The van der Waals surface area contributed by atoms with Crippen molar-refractivity contribution >= 4 is 22.7 Å². The zero-order chi connectivity index (χ0) is 14.2. The molecular weight excluding hydrogens is 254 g/mol. The molecule has 1 aliphatic heterocycles. The largest absolute Gasteiger partial charge is 0.441 e. The van der Waals surface area contributed by atoms with Crippen LogP contribution in [-0.2, 0) is 4.79 Å². The topological polar surface area (TPSA) is 67.2 Å². The molecule has 1 aromatic heterocycles. The number of fused-ring (bicyclic) bond motifs is 1. The van der Waals surface area contributed by atoms with E-state index in [0.717, 1.165) is 42.7 Å². The highest BCUT2D eigenvalue weighted by atomic mass is 16.3. The van der Waals surface area contributed by atoms with E-state index >= 15 is 0 Å². The van der Waals surface area contributed by atoms with Gasteiger partial charge in [-0.2, -0.15) is 0 Å². The second-order valence-corrected chi connectivity index (χ2v) is 5.68. The summed E-state index contributed by atoms with van der Waals surface area (Å²) >= 11 is 0. The Morgan fingerprint density at radius 1 is 1.40 bits per heavy atom. The van der Waals surface area contributed by atoms with Crippen LogP contribution in [0.25, 0.3) is 11.1 Å². The number of anilines is 1. The van der Waals surface area contributed by atoms with Gasteiger partial charge in [-0.05, 0) is 44.1 Å². The van der Waals surface area contributed by atoms with Gasteiger partial charge in [0.1, 0.15) is 5.52 Å². The third-order valence-electron chi connectivity index (χ3n) is 4.01. The molecule has 1 aliphatic rings. The molecule has 0 saturated carbocycles. The van der Waals surface area contributed by atoms with Gasteiger partial charge >= 0.3 is 0 Å². The molecule has 5 heteroatoms. The summed E-state index contributed by atoms with van der Waals surface area (Å²) in [6.07, 6.45) is 1.73. The van der Waals surface area contributed by atoms with Crippen LogP contribution in [0.3, 0.4) is 0 Å². The minimum absolute atomic E-state index is 0.0820. The number of piperidine rings is 1. The van der Waals surface area contributed by atoms with Crippen LogP contribution in [0, 0.1) is 12.3 Å². The van der Waals surface area contributed by atoms with E-state index < -0.39 is 0 Å². The molecule has 0 bridgehead atoms. The van der Waals surface area contributed by atoms with E-state index in [-0.39, 0.29) is 11.3 Å². The molecule has 2 heterocycles. The summed E-state index contributed by atoms with van der Waals surface area (Å²) in [5.41, 5.74) is 2.00. The van der Waals surface area contributed by atoms with E-state index in [1.54, 1.807) is 0 Å². The number of rotatable bonds is 2. The number of hydrogen-bond acceptors (Lipinski definition) is 4. The van der Waals surface area contributed by atoms with Crippen molar-refractivity contribution in [1.82, 2.24) is 10.3 Å². The number of hydrogen-bond donors (Lipinski definition) is 2. The lowest BCUT2D eigenvalue weighted by Crippen LogP contribution is -2.42. The average Bonchev–Trinajstić information content (AvgIpc) is 2.79. The lowest BCUT2D eigenvalue weighted by atomic mass is 9.80. The number of benzene rings is 1. The Balaban J connectivity index is 1.79. The van der Waals surface area contributed by atoms with E-state index in [4.69, 9.17) is 4.42 Å². The van der Waals surface area contributed by atoms with Crippen LogP contribution >= 0.6 is 0 Å². The van der Waals surface area contributed by atoms with E-state index in [1.807, 2.05) is 32.0 Å². The van der Waals surface area contributed by atoms with Crippen molar-refractivity contribution in [3.63, 3.8) is 0 Å². The minimum Gasteiger partial charge on any atom is -0.441 e. The summed E-state index contributed by atoms with van der Waals surface area (Å²) in [5, 5.41) is 6.29. The average molecular weight is 273 g/mol. The van der Waals surface area contributed by atoms with E-state index in [2.05, 4.69) is 15.6 Å².